The maximum Gasteiger partial charge on any atom is 0.211 e. The van der Waals surface area contributed by atoms with E-state index < -0.39 is 10.0 Å². The van der Waals surface area contributed by atoms with Gasteiger partial charge < -0.3 is 15.4 Å². The zero-order chi connectivity index (χ0) is 17.6. The lowest BCUT2D eigenvalue weighted by atomic mass is 10.1. The van der Waals surface area contributed by atoms with Crippen molar-refractivity contribution < 1.29 is 13.2 Å². The van der Waals surface area contributed by atoms with E-state index in [-0.39, 0.29) is 29.7 Å². The Labute approximate surface area is 164 Å². The lowest BCUT2D eigenvalue weighted by molar-refractivity contribution is 0.128. The highest BCUT2D eigenvalue weighted by atomic mass is 127. The molecule has 24 heavy (non-hydrogen) atoms. The minimum atomic E-state index is -3.11. The minimum absolute atomic E-state index is 0. The minimum Gasteiger partial charge on any atom is -0.380 e. The Morgan fingerprint density at radius 2 is 1.83 bits per heavy atom. The van der Waals surface area contributed by atoms with Crippen LogP contribution in [0.2, 0.25) is 0 Å². The number of halogens is 1. The van der Waals surface area contributed by atoms with Crippen LogP contribution in [0.15, 0.2) is 4.99 Å². The number of guanidine groups is 1. The van der Waals surface area contributed by atoms with Gasteiger partial charge in [0.05, 0.1) is 12.4 Å². The van der Waals surface area contributed by atoms with E-state index in [0.717, 1.165) is 25.5 Å². The summed E-state index contributed by atoms with van der Waals surface area (Å²) in [7, 11) is -3.11. The van der Waals surface area contributed by atoms with Gasteiger partial charge in [0.2, 0.25) is 10.0 Å². The lowest BCUT2D eigenvalue weighted by Gasteiger charge is -2.12. The molecule has 0 saturated carbocycles. The Morgan fingerprint density at radius 1 is 1.12 bits per heavy atom. The van der Waals surface area contributed by atoms with Gasteiger partial charge in [0.25, 0.3) is 0 Å². The van der Waals surface area contributed by atoms with E-state index in [4.69, 9.17) is 4.74 Å². The van der Waals surface area contributed by atoms with Crippen molar-refractivity contribution in [3.8, 4) is 0 Å². The van der Waals surface area contributed by atoms with Crippen LogP contribution in [0, 0.1) is 5.92 Å². The molecule has 0 atom stereocenters. The predicted octanol–water partition coefficient (Wildman–Crippen LogP) is 1.55. The van der Waals surface area contributed by atoms with Gasteiger partial charge in [-0.25, -0.2) is 13.1 Å². The van der Waals surface area contributed by atoms with Crippen LogP contribution in [-0.2, 0) is 14.8 Å². The maximum atomic E-state index is 11.3. The van der Waals surface area contributed by atoms with E-state index in [9.17, 15) is 8.42 Å². The van der Waals surface area contributed by atoms with E-state index in [1.54, 1.807) is 6.92 Å². The van der Waals surface area contributed by atoms with Crippen LogP contribution < -0.4 is 15.4 Å². The van der Waals surface area contributed by atoms with Crippen molar-refractivity contribution in [1.82, 2.24) is 15.4 Å². The van der Waals surface area contributed by atoms with E-state index in [2.05, 4.69) is 34.2 Å². The maximum absolute atomic E-state index is 11.3. The summed E-state index contributed by atoms with van der Waals surface area (Å²) in [5.74, 6) is 1.50. The first-order chi connectivity index (χ1) is 10.9. The lowest BCUT2D eigenvalue weighted by Crippen LogP contribution is -2.39. The van der Waals surface area contributed by atoms with E-state index in [0.29, 0.717) is 38.6 Å². The second-order valence-corrected chi connectivity index (χ2v) is 7.73. The Hall–Kier alpha value is -0.130. The summed E-state index contributed by atoms with van der Waals surface area (Å²) in [6.07, 6.45) is 1.74. The molecule has 7 nitrogen and oxygen atoms in total. The Morgan fingerprint density at radius 3 is 2.42 bits per heavy atom. The molecule has 0 aromatic rings. The molecular formula is C15H35IN4O3S. The monoisotopic (exact) mass is 478 g/mol. The Bertz CT molecular complexity index is 417. The number of hydrogen-bond acceptors (Lipinski definition) is 4. The summed E-state index contributed by atoms with van der Waals surface area (Å²) in [4.78, 5) is 4.41. The molecule has 9 heteroatoms. The van der Waals surface area contributed by atoms with Crippen LogP contribution in [0.4, 0.5) is 0 Å². The normalized spacial score (nSPS) is 12.1. The van der Waals surface area contributed by atoms with Crippen molar-refractivity contribution >= 4 is 40.0 Å². The second kappa shape index (κ2) is 16.3. The molecule has 0 bridgehead atoms. The zero-order valence-corrected chi connectivity index (χ0v) is 18.6. The second-order valence-electron chi connectivity index (χ2n) is 5.63. The number of rotatable bonds is 13. The molecule has 0 aliphatic heterocycles. The van der Waals surface area contributed by atoms with E-state index in [1.165, 1.54) is 0 Å². The van der Waals surface area contributed by atoms with Crippen molar-refractivity contribution in [2.45, 2.75) is 40.5 Å². The van der Waals surface area contributed by atoms with Crippen LogP contribution >= 0.6 is 24.0 Å². The summed E-state index contributed by atoms with van der Waals surface area (Å²) in [5, 5.41) is 6.36. The smallest absolute Gasteiger partial charge is 0.211 e. The Kier molecular flexibility index (Phi) is 17.8. The highest BCUT2D eigenvalue weighted by Crippen LogP contribution is 1.98. The Balaban J connectivity index is 0. The molecule has 0 fully saturated rings. The molecule has 0 spiro atoms. The van der Waals surface area contributed by atoms with E-state index in [1.807, 2.05) is 6.92 Å². The van der Waals surface area contributed by atoms with Gasteiger partial charge in [0.15, 0.2) is 5.96 Å². The average molecular weight is 478 g/mol. The molecule has 0 aromatic heterocycles. The molecule has 3 N–H and O–H groups in total. The van der Waals surface area contributed by atoms with Crippen LogP contribution in [0.3, 0.4) is 0 Å². The van der Waals surface area contributed by atoms with Crippen LogP contribution in [-0.4, -0.2) is 59.5 Å². The van der Waals surface area contributed by atoms with Gasteiger partial charge in [-0.3, -0.25) is 4.99 Å². The SMILES string of the molecule is CCNC(=NCCCNS(=O)(=O)CC)NCCOCCC(C)C.I. The first kappa shape index (κ1) is 26.1. The van der Waals surface area contributed by atoms with Crippen LogP contribution in [0.5, 0.6) is 0 Å². The van der Waals surface area contributed by atoms with Gasteiger partial charge in [-0.05, 0) is 32.6 Å². The molecule has 146 valence electrons. The quantitative estimate of drug-likeness (QED) is 0.162. The van der Waals surface area contributed by atoms with Gasteiger partial charge in [-0.2, -0.15) is 0 Å². The molecule has 0 rings (SSSR count). The summed E-state index contributed by atoms with van der Waals surface area (Å²) < 4.78 is 30.6. The number of aliphatic imine (C=N–C) groups is 1. The third kappa shape index (κ3) is 16.7. The van der Waals surface area contributed by atoms with Gasteiger partial charge in [0, 0.05) is 32.8 Å². The predicted molar refractivity (Wildman–Crippen MR) is 112 cm³/mol. The van der Waals surface area contributed by atoms with Crippen molar-refractivity contribution in [1.29, 1.82) is 0 Å². The average Bonchev–Trinajstić information content (AvgIpc) is 2.49. The number of hydrogen-bond donors (Lipinski definition) is 3. The highest BCUT2D eigenvalue weighted by molar-refractivity contribution is 14.0. The topological polar surface area (TPSA) is 91.8 Å². The first-order valence-corrected chi connectivity index (χ1v) is 10.1. The van der Waals surface area contributed by atoms with Crippen LogP contribution in [0.1, 0.15) is 40.5 Å². The van der Waals surface area contributed by atoms with Gasteiger partial charge in [0.1, 0.15) is 0 Å². The summed E-state index contributed by atoms with van der Waals surface area (Å²) in [6.45, 7) is 11.9. The molecule has 0 radical (unpaired) electrons. The van der Waals surface area contributed by atoms with E-state index >= 15 is 0 Å². The fourth-order valence-electron chi connectivity index (χ4n) is 1.60. The zero-order valence-electron chi connectivity index (χ0n) is 15.4. The summed E-state index contributed by atoms with van der Waals surface area (Å²) in [5.41, 5.74) is 0. The van der Waals surface area contributed by atoms with Gasteiger partial charge in [-0.1, -0.05) is 13.8 Å². The molecule has 0 aliphatic carbocycles. The number of nitrogens with one attached hydrogen (secondary N) is 3. The molecule has 0 heterocycles. The molecule has 0 aromatic carbocycles. The number of nitrogens with zero attached hydrogens (tertiary/aromatic N) is 1. The molecular weight excluding hydrogens is 443 g/mol. The highest BCUT2D eigenvalue weighted by Gasteiger charge is 2.04. The molecule has 0 aliphatic rings. The third-order valence-electron chi connectivity index (χ3n) is 3.03. The fourth-order valence-corrected chi connectivity index (χ4v) is 2.26. The fraction of sp³-hybridized carbons (Fsp3) is 0.933. The van der Waals surface area contributed by atoms with Crippen molar-refractivity contribution in [3.05, 3.63) is 0 Å². The largest absolute Gasteiger partial charge is 0.380 e. The standard InChI is InChI=1S/C15H34N4O3S.HI/c1-5-16-15(18-11-13-22-12-8-14(3)4)17-9-7-10-19-23(20,21)6-2;/h14,19H,5-13H2,1-4H3,(H2,16,17,18);1H. The number of ether oxygens (including phenoxy) is 1. The number of sulfonamides is 1. The summed E-state index contributed by atoms with van der Waals surface area (Å²) in [6, 6.07) is 0. The first-order valence-electron chi connectivity index (χ1n) is 8.48. The molecule has 0 unspecified atom stereocenters. The molecule has 0 saturated heterocycles. The van der Waals surface area contributed by atoms with Crippen molar-refractivity contribution in [2.24, 2.45) is 10.9 Å². The molecule has 0 amide bonds. The van der Waals surface area contributed by atoms with Crippen molar-refractivity contribution in [2.75, 3.05) is 45.1 Å². The summed E-state index contributed by atoms with van der Waals surface area (Å²) >= 11 is 0. The third-order valence-corrected chi connectivity index (χ3v) is 4.43. The van der Waals surface area contributed by atoms with Crippen molar-refractivity contribution in [3.63, 3.8) is 0 Å². The van der Waals surface area contributed by atoms with Crippen LogP contribution in [0.25, 0.3) is 0 Å². The van der Waals surface area contributed by atoms with Gasteiger partial charge in [-0.15, -0.1) is 24.0 Å². The van der Waals surface area contributed by atoms with Gasteiger partial charge >= 0.3 is 0 Å².